The minimum absolute atomic E-state index is 0.0579. The van der Waals surface area contributed by atoms with Crippen molar-refractivity contribution in [2.24, 2.45) is 0 Å². The molecule has 0 atom stereocenters. The third-order valence-corrected chi connectivity index (χ3v) is 4.41. The Labute approximate surface area is 124 Å². The molecule has 0 aliphatic heterocycles. The third-order valence-electron chi connectivity index (χ3n) is 3.98. The zero-order valence-corrected chi connectivity index (χ0v) is 13.0. The topological polar surface area (TPSA) is 28.2 Å². The minimum atomic E-state index is -4.41. The van der Waals surface area contributed by atoms with Gasteiger partial charge < -0.3 is 10.2 Å². The highest BCUT2D eigenvalue weighted by atomic mass is 79.9. The second-order valence-corrected chi connectivity index (χ2v) is 6.29. The second kappa shape index (κ2) is 5.52. The first-order valence-electron chi connectivity index (χ1n) is 6.39. The van der Waals surface area contributed by atoms with E-state index < -0.39 is 11.7 Å². The summed E-state index contributed by atoms with van der Waals surface area (Å²) in [5.74, 6) is -0.103. The molecule has 0 amide bonds. The molecule has 0 spiro atoms. The Morgan fingerprint density at radius 2 is 2.05 bits per heavy atom. The highest BCUT2D eigenvalue weighted by Crippen LogP contribution is 2.38. The van der Waals surface area contributed by atoms with Crippen LogP contribution in [0, 0.1) is 0 Å². The van der Waals surface area contributed by atoms with E-state index in [0.29, 0.717) is 11.0 Å². The molecule has 1 aliphatic carbocycles. The SMILES string of the molecule is CN(C)C1(CNc2ncc(Br)cc2C(F)(F)F)CCC1. The molecule has 0 radical (unpaired) electrons. The summed E-state index contributed by atoms with van der Waals surface area (Å²) in [6, 6.07) is 1.05. The van der Waals surface area contributed by atoms with E-state index in [1.807, 2.05) is 14.1 Å². The molecule has 112 valence electrons. The fraction of sp³-hybridized carbons (Fsp3) is 0.615. The molecule has 7 heteroatoms. The Balaban J connectivity index is 2.18. The lowest BCUT2D eigenvalue weighted by Gasteiger charge is -2.47. The minimum Gasteiger partial charge on any atom is -0.368 e. The van der Waals surface area contributed by atoms with Crippen LogP contribution < -0.4 is 5.32 Å². The van der Waals surface area contributed by atoms with Gasteiger partial charge in [-0.05, 0) is 55.4 Å². The standard InChI is InChI=1S/C13H17BrF3N3/c1-20(2)12(4-3-5-12)8-19-11-10(13(15,16)17)6-9(14)7-18-11/h6-7H,3-5,8H2,1-2H3,(H,18,19). The van der Waals surface area contributed by atoms with Crippen LogP contribution in [0.1, 0.15) is 24.8 Å². The molecule has 0 unspecified atom stereocenters. The van der Waals surface area contributed by atoms with Crippen molar-refractivity contribution in [3.63, 3.8) is 0 Å². The number of likely N-dealkylation sites (N-methyl/N-ethyl adjacent to an activating group) is 1. The van der Waals surface area contributed by atoms with Crippen LogP contribution in [0.15, 0.2) is 16.7 Å². The molecule has 1 heterocycles. The van der Waals surface area contributed by atoms with Gasteiger partial charge in [0.1, 0.15) is 5.82 Å². The molecule has 0 bridgehead atoms. The highest BCUT2D eigenvalue weighted by Gasteiger charge is 2.40. The first-order valence-corrected chi connectivity index (χ1v) is 7.18. The lowest BCUT2D eigenvalue weighted by atomic mass is 9.75. The first-order chi connectivity index (χ1) is 9.24. The summed E-state index contributed by atoms with van der Waals surface area (Å²) < 4.78 is 39.3. The van der Waals surface area contributed by atoms with Gasteiger partial charge in [0.15, 0.2) is 0 Å². The summed E-state index contributed by atoms with van der Waals surface area (Å²) in [5.41, 5.74) is -0.794. The maximum Gasteiger partial charge on any atom is 0.419 e. The van der Waals surface area contributed by atoms with E-state index in [0.717, 1.165) is 25.3 Å². The number of hydrogen-bond acceptors (Lipinski definition) is 3. The summed E-state index contributed by atoms with van der Waals surface area (Å²) >= 11 is 3.03. The molecule has 1 aliphatic rings. The van der Waals surface area contributed by atoms with E-state index in [1.165, 1.54) is 6.20 Å². The van der Waals surface area contributed by atoms with Crippen molar-refractivity contribution < 1.29 is 13.2 Å². The van der Waals surface area contributed by atoms with Gasteiger partial charge in [0.25, 0.3) is 0 Å². The lowest BCUT2D eigenvalue weighted by molar-refractivity contribution is -0.137. The predicted molar refractivity (Wildman–Crippen MR) is 75.7 cm³/mol. The largest absolute Gasteiger partial charge is 0.419 e. The Morgan fingerprint density at radius 1 is 1.40 bits per heavy atom. The van der Waals surface area contributed by atoms with Crippen LogP contribution in [-0.4, -0.2) is 36.1 Å². The Hall–Kier alpha value is -0.820. The first kappa shape index (κ1) is 15.6. The van der Waals surface area contributed by atoms with Gasteiger partial charge in [-0.2, -0.15) is 13.2 Å². The summed E-state index contributed by atoms with van der Waals surface area (Å²) in [7, 11) is 3.92. The van der Waals surface area contributed by atoms with E-state index in [-0.39, 0.29) is 11.4 Å². The molecule has 1 saturated carbocycles. The van der Waals surface area contributed by atoms with Gasteiger partial charge in [-0.25, -0.2) is 4.98 Å². The van der Waals surface area contributed by atoms with E-state index in [1.54, 1.807) is 0 Å². The average molecular weight is 352 g/mol. The van der Waals surface area contributed by atoms with Crippen molar-refractivity contribution in [1.29, 1.82) is 0 Å². The fourth-order valence-electron chi connectivity index (χ4n) is 2.41. The van der Waals surface area contributed by atoms with E-state index >= 15 is 0 Å². The van der Waals surface area contributed by atoms with Crippen LogP contribution in [0.4, 0.5) is 19.0 Å². The molecule has 2 rings (SSSR count). The fourth-order valence-corrected chi connectivity index (χ4v) is 2.74. The van der Waals surface area contributed by atoms with Gasteiger partial charge in [0.2, 0.25) is 0 Å². The quantitative estimate of drug-likeness (QED) is 0.895. The molecule has 0 aromatic carbocycles. The van der Waals surface area contributed by atoms with Crippen molar-refractivity contribution >= 4 is 21.7 Å². The van der Waals surface area contributed by atoms with Gasteiger partial charge >= 0.3 is 6.18 Å². The molecule has 3 nitrogen and oxygen atoms in total. The van der Waals surface area contributed by atoms with Crippen LogP contribution >= 0.6 is 15.9 Å². The predicted octanol–water partition coefficient (Wildman–Crippen LogP) is 3.76. The number of rotatable bonds is 4. The van der Waals surface area contributed by atoms with Crippen LogP contribution in [0.5, 0.6) is 0 Å². The molecule has 1 aromatic rings. The summed E-state index contributed by atoms with van der Waals surface area (Å²) in [4.78, 5) is 5.95. The van der Waals surface area contributed by atoms with Crippen LogP contribution in [-0.2, 0) is 6.18 Å². The Morgan fingerprint density at radius 3 is 2.50 bits per heavy atom. The van der Waals surface area contributed by atoms with Crippen molar-refractivity contribution in [3.8, 4) is 0 Å². The van der Waals surface area contributed by atoms with Gasteiger partial charge in [-0.1, -0.05) is 0 Å². The number of halogens is 4. The van der Waals surface area contributed by atoms with Crippen LogP contribution in [0.3, 0.4) is 0 Å². The number of pyridine rings is 1. The molecule has 0 saturated heterocycles. The Kier molecular flexibility index (Phi) is 4.30. The van der Waals surface area contributed by atoms with Crippen molar-refractivity contribution in [2.45, 2.75) is 31.0 Å². The molecular weight excluding hydrogens is 335 g/mol. The summed E-state index contributed by atoms with van der Waals surface area (Å²) in [6.45, 7) is 0.470. The Bertz CT molecular complexity index is 484. The monoisotopic (exact) mass is 351 g/mol. The number of nitrogens with zero attached hydrogens (tertiary/aromatic N) is 2. The van der Waals surface area contributed by atoms with Gasteiger partial charge in [0, 0.05) is 22.8 Å². The number of aromatic nitrogens is 1. The zero-order valence-electron chi connectivity index (χ0n) is 11.4. The molecular formula is C13H17BrF3N3. The summed E-state index contributed by atoms with van der Waals surface area (Å²) in [6.07, 6.45) is 0.0558. The van der Waals surface area contributed by atoms with Crippen LogP contribution in [0.2, 0.25) is 0 Å². The number of anilines is 1. The molecule has 1 aromatic heterocycles. The van der Waals surface area contributed by atoms with Gasteiger partial charge in [0.05, 0.1) is 5.56 Å². The molecule has 20 heavy (non-hydrogen) atoms. The van der Waals surface area contributed by atoms with Crippen LogP contribution in [0.25, 0.3) is 0 Å². The number of hydrogen-bond donors (Lipinski definition) is 1. The van der Waals surface area contributed by atoms with Crippen molar-refractivity contribution in [2.75, 3.05) is 26.0 Å². The molecule has 1 N–H and O–H groups in total. The lowest BCUT2D eigenvalue weighted by Crippen LogP contribution is -2.54. The third kappa shape index (κ3) is 3.09. The van der Waals surface area contributed by atoms with Gasteiger partial charge in [-0.3, -0.25) is 0 Å². The summed E-state index contributed by atoms with van der Waals surface area (Å²) in [5, 5.41) is 2.88. The smallest absolute Gasteiger partial charge is 0.368 e. The average Bonchev–Trinajstić information content (AvgIpc) is 2.27. The van der Waals surface area contributed by atoms with Gasteiger partial charge in [-0.15, -0.1) is 0 Å². The molecule has 1 fully saturated rings. The zero-order chi connectivity index (χ0) is 15.0. The second-order valence-electron chi connectivity index (χ2n) is 5.37. The highest BCUT2D eigenvalue weighted by molar-refractivity contribution is 9.10. The number of nitrogens with one attached hydrogen (secondary N) is 1. The number of alkyl halides is 3. The maximum atomic E-state index is 13.0. The normalized spacial score (nSPS) is 17.9. The van der Waals surface area contributed by atoms with Crippen molar-refractivity contribution in [1.82, 2.24) is 9.88 Å². The van der Waals surface area contributed by atoms with E-state index in [4.69, 9.17) is 0 Å². The van der Waals surface area contributed by atoms with E-state index in [2.05, 4.69) is 31.1 Å². The van der Waals surface area contributed by atoms with E-state index in [9.17, 15) is 13.2 Å². The maximum absolute atomic E-state index is 13.0. The van der Waals surface area contributed by atoms with Crippen molar-refractivity contribution in [3.05, 3.63) is 22.3 Å².